The molecule has 126 valence electrons. The van der Waals surface area contributed by atoms with Gasteiger partial charge < -0.3 is 5.32 Å². The third-order valence-corrected chi connectivity index (χ3v) is 5.24. The zero-order valence-electron chi connectivity index (χ0n) is 13.8. The van der Waals surface area contributed by atoms with Crippen LogP contribution < -0.4 is 5.32 Å². The van der Waals surface area contributed by atoms with E-state index >= 15 is 0 Å². The topological polar surface area (TPSA) is 72.2 Å². The Morgan fingerprint density at radius 1 is 1.20 bits per heavy atom. The number of hydrogen-bond acceptors (Lipinski definition) is 4. The molecule has 0 aromatic heterocycles. The van der Waals surface area contributed by atoms with Gasteiger partial charge in [0, 0.05) is 23.2 Å². The molecule has 0 saturated heterocycles. The second-order valence-electron chi connectivity index (χ2n) is 6.65. The van der Waals surface area contributed by atoms with Crippen molar-refractivity contribution in [3.63, 3.8) is 0 Å². The molecule has 1 aliphatic heterocycles. The van der Waals surface area contributed by atoms with Gasteiger partial charge >= 0.3 is 0 Å². The highest BCUT2D eigenvalue weighted by molar-refractivity contribution is 5.95. The van der Waals surface area contributed by atoms with E-state index in [1.807, 2.05) is 30.3 Å². The van der Waals surface area contributed by atoms with Crippen molar-refractivity contribution in [2.75, 3.05) is 5.32 Å². The molecule has 1 aliphatic carbocycles. The fraction of sp³-hybridized carbons (Fsp3) is 0.250. The van der Waals surface area contributed by atoms with Gasteiger partial charge in [-0.15, -0.1) is 0 Å². The zero-order chi connectivity index (χ0) is 17.6. The summed E-state index contributed by atoms with van der Waals surface area (Å²) in [6, 6.07) is 12.5. The largest absolute Gasteiger partial charge is 0.377 e. The number of anilines is 1. The Labute approximate surface area is 145 Å². The molecule has 25 heavy (non-hydrogen) atoms. The molecule has 0 spiro atoms. The fourth-order valence-corrected chi connectivity index (χ4v) is 4.04. The van der Waals surface area contributed by atoms with Gasteiger partial charge in [-0.05, 0) is 43.0 Å². The number of nitrogens with one attached hydrogen (secondary N) is 1. The van der Waals surface area contributed by atoms with Gasteiger partial charge in [-0.1, -0.05) is 30.4 Å². The van der Waals surface area contributed by atoms with Gasteiger partial charge in [-0.3, -0.25) is 14.9 Å². The summed E-state index contributed by atoms with van der Waals surface area (Å²) in [4.78, 5) is 22.8. The minimum absolute atomic E-state index is 0.0437. The first-order valence-electron chi connectivity index (χ1n) is 8.37. The first-order valence-corrected chi connectivity index (χ1v) is 8.37. The number of Topliss-reactive ketones (excluding diaryl/α,β-unsaturated/α-hetero) is 1. The lowest BCUT2D eigenvalue weighted by atomic mass is 9.76. The quantitative estimate of drug-likeness (QED) is 0.385. The Kier molecular flexibility index (Phi) is 3.64. The molecule has 2 aliphatic rings. The third-order valence-electron chi connectivity index (χ3n) is 5.24. The van der Waals surface area contributed by atoms with E-state index in [2.05, 4.69) is 17.5 Å². The highest BCUT2D eigenvalue weighted by Crippen LogP contribution is 2.51. The normalized spacial score (nSPS) is 23.5. The second-order valence-corrected chi connectivity index (χ2v) is 6.65. The van der Waals surface area contributed by atoms with Crippen molar-refractivity contribution < 1.29 is 9.72 Å². The fourth-order valence-electron chi connectivity index (χ4n) is 4.04. The monoisotopic (exact) mass is 334 g/mol. The van der Waals surface area contributed by atoms with Crippen LogP contribution in [0.25, 0.3) is 0 Å². The Hall–Kier alpha value is -2.95. The van der Waals surface area contributed by atoms with E-state index in [-0.39, 0.29) is 34.3 Å². The van der Waals surface area contributed by atoms with Crippen LogP contribution >= 0.6 is 0 Å². The predicted molar refractivity (Wildman–Crippen MR) is 95.9 cm³/mol. The van der Waals surface area contributed by atoms with Crippen LogP contribution in [0.5, 0.6) is 0 Å². The summed E-state index contributed by atoms with van der Waals surface area (Å²) >= 11 is 0. The van der Waals surface area contributed by atoms with Crippen molar-refractivity contribution in [3.8, 4) is 0 Å². The molecule has 2 aromatic rings. The molecule has 1 heterocycles. The highest BCUT2D eigenvalue weighted by Gasteiger charge is 2.40. The number of fused-ring (bicyclic) bond motifs is 3. The molecular formula is C20H18N2O3. The van der Waals surface area contributed by atoms with Crippen LogP contribution in [0.3, 0.4) is 0 Å². The van der Waals surface area contributed by atoms with Crippen LogP contribution in [0, 0.1) is 16.0 Å². The van der Waals surface area contributed by atoms with Crippen molar-refractivity contribution in [2.45, 2.75) is 25.3 Å². The summed E-state index contributed by atoms with van der Waals surface area (Å²) in [6.07, 6.45) is 5.16. The van der Waals surface area contributed by atoms with Crippen LogP contribution in [0.2, 0.25) is 0 Å². The maximum atomic E-state index is 11.7. The average Bonchev–Trinajstić information content (AvgIpc) is 3.10. The summed E-state index contributed by atoms with van der Waals surface area (Å²) in [5, 5.41) is 14.9. The van der Waals surface area contributed by atoms with Crippen LogP contribution in [0.15, 0.2) is 54.6 Å². The lowest BCUT2D eigenvalue weighted by Crippen LogP contribution is -2.29. The van der Waals surface area contributed by atoms with Gasteiger partial charge in [0.15, 0.2) is 5.78 Å². The first-order chi connectivity index (χ1) is 12.1. The zero-order valence-corrected chi connectivity index (χ0v) is 13.8. The number of ketones is 1. The van der Waals surface area contributed by atoms with E-state index in [1.54, 1.807) is 19.1 Å². The molecule has 5 heteroatoms. The molecule has 0 saturated carbocycles. The average molecular weight is 334 g/mol. The maximum Gasteiger partial charge on any atom is 0.274 e. The minimum Gasteiger partial charge on any atom is -0.377 e. The summed E-state index contributed by atoms with van der Waals surface area (Å²) in [5.74, 6) is 0.415. The van der Waals surface area contributed by atoms with Gasteiger partial charge in [0.2, 0.25) is 0 Å². The molecule has 4 rings (SSSR count). The molecular weight excluding hydrogens is 316 g/mol. The Morgan fingerprint density at radius 2 is 2.00 bits per heavy atom. The van der Waals surface area contributed by atoms with Gasteiger partial charge in [-0.25, -0.2) is 0 Å². The highest BCUT2D eigenvalue weighted by atomic mass is 16.6. The van der Waals surface area contributed by atoms with Crippen molar-refractivity contribution >= 4 is 17.2 Å². The molecule has 0 amide bonds. The van der Waals surface area contributed by atoms with Gasteiger partial charge in [0.1, 0.15) is 0 Å². The van der Waals surface area contributed by atoms with Crippen molar-refractivity contribution in [1.29, 1.82) is 0 Å². The summed E-state index contributed by atoms with van der Waals surface area (Å²) < 4.78 is 0. The van der Waals surface area contributed by atoms with Crippen molar-refractivity contribution in [2.24, 2.45) is 5.92 Å². The van der Waals surface area contributed by atoms with E-state index in [9.17, 15) is 14.9 Å². The number of para-hydroxylation sites is 1. The number of benzene rings is 2. The minimum atomic E-state index is -0.317. The first kappa shape index (κ1) is 15.6. The SMILES string of the molecule is CC(=O)c1ccc2c(c1)[C@@H]1C=CC[C@H]1[C@@H](c1ccccc1[N+](=O)[O-])N2. The van der Waals surface area contributed by atoms with E-state index in [0.717, 1.165) is 17.7 Å². The van der Waals surface area contributed by atoms with Crippen molar-refractivity contribution in [1.82, 2.24) is 0 Å². The van der Waals surface area contributed by atoms with E-state index in [4.69, 9.17) is 0 Å². The van der Waals surface area contributed by atoms with Gasteiger partial charge in [0.25, 0.3) is 5.69 Å². The summed E-state index contributed by atoms with van der Waals surface area (Å²) in [6.45, 7) is 1.57. The summed E-state index contributed by atoms with van der Waals surface area (Å²) in [7, 11) is 0. The second kappa shape index (κ2) is 5.84. The van der Waals surface area contributed by atoms with Crippen LogP contribution in [-0.4, -0.2) is 10.7 Å². The molecule has 2 aromatic carbocycles. The number of nitrogens with zero attached hydrogens (tertiary/aromatic N) is 1. The van der Waals surface area contributed by atoms with E-state index in [0.29, 0.717) is 11.1 Å². The maximum absolute atomic E-state index is 11.7. The predicted octanol–water partition coefficient (Wildman–Crippen LogP) is 4.62. The number of nitro benzene ring substituents is 1. The number of rotatable bonds is 3. The molecule has 1 N–H and O–H groups in total. The Balaban J connectivity index is 1.81. The number of carbonyl (C=O) groups is 1. The molecule has 0 unspecified atom stereocenters. The van der Waals surface area contributed by atoms with Crippen LogP contribution in [-0.2, 0) is 0 Å². The van der Waals surface area contributed by atoms with Gasteiger partial charge in [0.05, 0.1) is 16.5 Å². The van der Waals surface area contributed by atoms with Gasteiger partial charge in [-0.2, -0.15) is 0 Å². The molecule has 3 atom stereocenters. The van der Waals surface area contributed by atoms with Crippen LogP contribution in [0.1, 0.15) is 46.8 Å². The van der Waals surface area contributed by atoms with Crippen LogP contribution in [0.4, 0.5) is 11.4 Å². The number of carbonyl (C=O) groups excluding carboxylic acids is 1. The smallest absolute Gasteiger partial charge is 0.274 e. The summed E-state index contributed by atoms with van der Waals surface area (Å²) in [5.41, 5.74) is 3.60. The van der Waals surface area contributed by atoms with E-state index in [1.165, 1.54) is 0 Å². The molecule has 0 bridgehead atoms. The van der Waals surface area contributed by atoms with E-state index < -0.39 is 0 Å². The number of hydrogen-bond donors (Lipinski definition) is 1. The molecule has 5 nitrogen and oxygen atoms in total. The lowest BCUT2D eigenvalue weighted by Gasteiger charge is -2.37. The third kappa shape index (κ3) is 2.52. The lowest BCUT2D eigenvalue weighted by molar-refractivity contribution is -0.385. The number of allylic oxidation sites excluding steroid dienone is 2. The molecule has 0 radical (unpaired) electrons. The number of nitro groups is 1. The van der Waals surface area contributed by atoms with Crippen molar-refractivity contribution in [3.05, 3.63) is 81.4 Å². The Bertz CT molecular complexity index is 904. The standard InChI is InChI=1S/C20H18N2O3/c1-12(23)13-9-10-18-17(11-13)14-6-4-7-15(14)20(21-18)16-5-2-3-8-19(16)22(24)25/h2-6,8-11,14-15,20-21H,7H2,1H3/t14-,15-,20+/m1/s1. The molecule has 0 fully saturated rings. The Morgan fingerprint density at radius 3 is 2.76 bits per heavy atom.